The molecule has 98 valence electrons. The van der Waals surface area contributed by atoms with Crippen LogP contribution in [-0.4, -0.2) is 28.3 Å². The average molecular weight is 324 g/mol. The number of aromatic carboxylic acids is 1. The highest BCUT2D eigenvalue weighted by molar-refractivity contribution is 9.10. The van der Waals surface area contributed by atoms with Gasteiger partial charge in [0, 0.05) is 9.86 Å². The Morgan fingerprint density at radius 3 is 2.79 bits per heavy atom. The first-order valence-electron chi connectivity index (χ1n) is 5.37. The van der Waals surface area contributed by atoms with E-state index >= 15 is 0 Å². The van der Waals surface area contributed by atoms with Crippen molar-refractivity contribution < 1.29 is 19.4 Å². The van der Waals surface area contributed by atoms with E-state index in [1.807, 2.05) is 0 Å². The molecule has 0 unspecified atom stereocenters. The number of carbonyl (C=O) groups is 2. The molecule has 0 fully saturated rings. The smallest absolute Gasteiger partial charge is 0.419 e. The third kappa shape index (κ3) is 2.53. The fourth-order valence-corrected chi connectivity index (χ4v) is 2.07. The lowest BCUT2D eigenvalue weighted by atomic mass is 10.2. The van der Waals surface area contributed by atoms with Crippen LogP contribution in [0.3, 0.4) is 0 Å². The minimum atomic E-state index is -1.19. The highest BCUT2D eigenvalue weighted by Gasteiger charge is 2.20. The number of carbonyl (C=O) groups excluding carboxylic acids is 1. The summed E-state index contributed by atoms with van der Waals surface area (Å²) in [6, 6.07) is 6.59. The van der Waals surface area contributed by atoms with Gasteiger partial charge in [-0.25, -0.2) is 14.2 Å². The molecule has 1 aromatic carbocycles. The van der Waals surface area contributed by atoms with Gasteiger partial charge < -0.3 is 9.84 Å². The standard InChI is InChI=1S/C13H10BrNO4/c1-2-5-19-13(18)15-10-7-9(14)4-3-8(10)6-11(15)12(16)17/h2-4,6-7H,1,5H2,(H,16,17). The molecule has 2 rings (SSSR count). The van der Waals surface area contributed by atoms with Crippen molar-refractivity contribution in [3.8, 4) is 0 Å². The Hall–Kier alpha value is -2.08. The van der Waals surface area contributed by atoms with E-state index in [2.05, 4.69) is 22.5 Å². The number of benzene rings is 1. The van der Waals surface area contributed by atoms with Gasteiger partial charge >= 0.3 is 12.1 Å². The Labute approximate surface area is 117 Å². The van der Waals surface area contributed by atoms with E-state index in [0.29, 0.717) is 10.9 Å². The van der Waals surface area contributed by atoms with Crippen LogP contribution in [0.25, 0.3) is 10.9 Å². The van der Waals surface area contributed by atoms with Gasteiger partial charge in [-0.3, -0.25) is 0 Å². The molecule has 0 aliphatic rings. The predicted molar refractivity (Wildman–Crippen MR) is 73.5 cm³/mol. The van der Waals surface area contributed by atoms with Crippen LogP contribution in [0.1, 0.15) is 10.5 Å². The Kier molecular flexibility index (Phi) is 3.71. The summed E-state index contributed by atoms with van der Waals surface area (Å²) in [7, 11) is 0. The van der Waals surface area contributed by atoms with Crippen molar-refractivity contribution in [1.82, 2.24) is 4.57 Å². The molecule has 2 aromatic rings. The number of hydrogen-bond donors (Lipinski definition) is 1. The molecule has 0 radical (unpaired) electrons. The molecule has 19 heavy (non-hydrogen) atoms. The first kappa shape index (κ1) is 13.4. The molecule has 0 atom stereocenters. The Bertz CT molecular complexity index is 675. The normalized spacial score (nSPS) is 10.4. The van der Waals surface area contributed by atoms with Gasteiger partial charge in [-0.2, -0.15) is 0 Å². The van der Waals surface area contributed by atoms with Crippen LogP contribution >= 0.6 is 15.9 Å². The lowest BCUT2D eigenvalue weighted by molar-refractivity contribution is 0.0683. The van der Waals surface area contributed by atoms with Crippen molar-refractivity contribution in [1.29, 1.82) is 0 Å². The van der Waals surface area contributed by atoms with E-state index in [1.54, 1.807) is 18.2 Å². The summed E-state index contributed by atoms with van der Waals surface area (Å²) in [6.07, 6.45) is 0.672. The van der Waals surface area contributed by atoms with Crippen LogP contribution in [-0.2, 0) is 4.74 Å². The van der Waals surface area contributed by atoms with Crippen LogP contribution in [0.4, 0.5) is 4.79 Å². The summed E-state index contributed by atoms with van der Waals surface area (Å²) in [5, 5.41) is 9.80. The summed E-state index contributed by atoms with van der Waals surface area (Å²) < 4.78 is 6.68. The summed E-state index contributed by atoms with van der Waals surface area (Å²) in [6.45, 7) is 3.46. The number of nitrogens with zero attached hydrogens (tertiary/aromatic N) is 1. The van der Waals surface area contributed by atoms with Crippen LogP contribution in [0.5, 0.6) is 0 Å². The third-order valence-corrected chi connectivity index (χ3v) is 2.99. The highest BCUT2D eigenvalue weighted by Crippen LogP contribution is 2.24. The zero-order valence-corrected chi connectivity index (χ0v) is 11.4. The SMILES string of the molecule is C=CCOC(=O)n1c(C(=O)O)cc2ccc(Br)cc21. The zero-order chi connectivity index (χ0) is 14.0. The van der Waals surface area contributed by atoms with Crippen molar-refractivity contribution in [3.05, 3.63) is 47.1 Å². The van der Waals surface area contributed by atoms with E-state index < -0.39 is 12.1 Å². The maximum Gasteiger partial charge on any atom is 0.419 e. The second-order valence-corrected chi connectivity index (χ2v) is 4.65. The molecule has 1 aromatic heterocycles. The minimum Gasteiger partial charge on any atom is -0.477 e. The monoisotopic (exact) mass is 323 g/mol. The second kappa shape index (κ2) is 5.27. The lowest BCUT2D eigenvalue weighted by Crippen LogP contribution is -2.18. The van der Waals surface area contributed by atoms with Crippen molar-refractivity contribution in [2.45, 2.75) is 0 Å². The Balaban J connectivity index is 2.63. The van der Waals surface area contributed by atoms with E-state index in [-0.39, 0.29) is 12.3 Å². The molecule has 6 heteroatoms. The number of halogens is 1. The van der Waals surface area contributed by atoms with Crippen LogP contribution < -0.4 is 0 Å². The minimum absolute atomic E-state index is 0.0194. The molecule has 0 amide bonds. The second-order valence-electron chi connectivity index (χ2n) is 3.74. The first-order valence-corrected chi connectivity index (χ1v) is 6.16. The van der Waals surface area contributed by atoms with Crippen LogP contribution in [0.2, 0.25) is 0 Å². The average Bonchev–Trinajstić information content (AvgIpc) is 2.74. The van der Waals surface area contributed by atoms with Crippen molar-refractivity contribution in [2.75, 3.05) is 6.61 Å². The van der Waals surface area contributed by atoms with Gasteiger partial charge in [-0.1, -0.05) is 34.7 Å². The Morgan fingerprint density at radius 2 is 2.16 bits per heavy atom. The van der Waals surface area contributed by atoms with Gasteiger partial charge in [0.2, 0.25) is 0 Å². The molecular weight excluding hydrogens is 314 g/mol. The number of carboxylic acids is 1. The van der Waals surface area contributed by atoms with Gasteiger partial charge in [0.1, 0.15) is 12.3 Å². The van der Waals surface area contributed by atoms with Gasteiger partial charge in [0.25, 0.3) is 0 Å². The molecule has 0 aliphatic carbocycles. The topological polar surface area (TPSA) is 68.5 Å². The highest BCUT2D eigenvalue weighted by atomic mass is 79.9. The number of aromatic nitrogens is 1. The first-order chi connectivity index (χ1) is 9.04. The molecule has 0 spiro atoms. The van der Waals surface area contributed by atoms with Gasteiger partial charge in [0.15, 0.2) is 0 Å². The van der Waals surface area contributed by atoms with Crippen molar-refractivity contribution in [2.24, 2.45) is 0 Å². The van der Waals surface area contributed by atoms with Gasteiger partial charge in [-0.15, -0.1) is 0 Å². The van der Waals surface area contributed by atoms with Crippen LogP contribution in [0.15, 0.2) is 41.4 Å². The number of fused-ring (bicyclic) bond motifs is 1. The maximum absolute atomic E-state index is 11.9. The number of ether oxygens (including phenoxy) is 1. The third-order valence-electron chi connectivity index (χ3n) is 2.49. The molecule has 5 nitrogen and oxygen atoms in total. The lowest BCUT2D eigenvalue weighted by Gasteiger charge is -2.06. The molecule has 1 heterocycles. The zero-order valence-electron chi connectivity index (χ0n) is 9.80. The van der Waals surface area contributed by atoms with Crippen molar-refractivity contribution >= 4 is 38.9 Å². The van der Waals surface area contributed by atoms with Gasteiger partial charge in [-0.05, 0) is 18.2 Å². The fourth-order valence-electron chi connectivity index (χ4n) is 1.72. The van der Waals surface area contributed by atoms with E-state index in [1.165, 1.54) is 12.1 Å². The van der Waals surface area contributed by atoms with E-state index in [9.17, 15) is 9.59 Å². The summed E-state index contributed by atoms with van der Waals surface area (Å²) in [4.78, 5) is 23.1. The van der Waals surface area contributed by atoms with E-state index in [0.717, 1.165) is 9.04 Å². The predicted octanol–water partition coefficient (Wildman–Crippen LogP) is 3.27. The molecule has 0 saturated heterocycles. The van der Waals surface area contributed by atoms with Crippen molar-refractivity contribution in [3.63, 3.8) is 0 Å². The maximum atomic E-state index is 11.9. The fraction of sp³-hybridized carbons (Fsp3) is 0.0769. The molecule has 0 bridgehead atoms. The largest absolute Gasteiger partial charge is 0.477 e. The summed E-state index contributed by atoms with van der Waals surface area (Å²) in [5.74, 6) is -1.19. The van der Waals surface area contributed by atoms with E-state index in [4.69, 9.17) is 9.84 Å². The quantitative estimate of drug-likeness (QED) is 0.880. The number of rotatable bonds is 3. The molecule has 0 aliphatic heterocycles. The van der Waals surface area contributed by atoms with Crippen LogP contribution in [0, 0.1) is 0 Å². The molecular formula is C13H10BrNO4. The summed E-state index contributed by atoms with van der Waals surface area (Å²) in [5.41, 5.74) is 0.336. The number of hydrogen-bond acceptors (Lipinski definition) is 3. The molecule has 1 N–H and O–H groups in total. The molecule has 0 saturated carbocycles. The van der Waals surface area contributed by atoms with Gasteiger partial charge in [0.05, 0.1) is 5.52 Å². The summed E-state index contributed by atoms with van der Waals surface area (Å²) >= 11 is 3.29. The Morgan fingerprint density at radius 1 is 1.42 bits per heavy atom. The number of carboxylic acid groups (broad SMARTS) is 1.